The molecule has 0 saturated carbocycles. The maximum Gasteiger partial charge on any atom is 0.255 e. The minimum absolute atomic E-state index is 0.0910. The van der Waals surface area contributed by atoms with Gasteiger partial charge in [0.2, 0.25) is 0 Å². The second-order valence-electron chi connectivity index (χ2n) is 4.49. The zero-order valence-electron chi connectivity index (χ0n) is 10.9. The summed E-state index contributed by atoms with van der Waals surface area (Å²) >= 11 is 0. The van der Waals surface area contributed by atoms with Crippen LogP contribution in [0, 0.1) is 5.82 Å². The first kappa shape index (κ1) is 13.9. The molecule has 1 unspecified atom stereocenters. The maximum absolute atomic E-state index is 13.1. The number of halogens is 1. The third-order valence-corrected chi connectivity index (χ3v) is 3.01. The van der Waals surface area contributed by atoms with Crippen LogP contribution in [0.1, 0.15) is 28.9 Å². The van der Waals surface area contributed by atoms with Crippen molar-refractivity contribution >= 4 is 11.6 Å². The molecule has 0 heterocycles. The molecule has 0 bridgehead atoms. The van der Waals surface area contributed by atoms with Crippen LogP contribution >= 0.6 is 0 Å². The van der Waals surface area contributed by atoms with Gasteiger partial charge in [0.15, 0.2) is 5.75 Å². The highest BCUT2D eigenvalue weighted by atomic mass is 19.1. The number of benzene rings is 2. The number of phenols is 1. The van der Waals surface area contributed by atoms with Crippen LogP contribution in [0.4, 0.5) is 10.1 Å². The Hall–Kier alpha value is -2.56. The zero-order valence-corrected chi connectivity index (χ0v) is 10.9. The van der Waals surface area contributed by atoms with Crippen molar-refractivity contribution in [3.05, 3.63) is 59.4 Å². The van der Waals surface area contributed by atoms with Gasteiger partial charge in [0.25, 0.3) is 5.91 Å². The normalized spacial score (nSPS) is 11.9. The van der Waals surface area contributed by atoms with E-state index in [1.165, 1.54) is 24.3 Å². The first-order valence-electron chi connectivity index (χ1n) is 6.13. The largest absolute Gasteiger partial charge is 0.505 e. The van der Waals surface area contributed by atoms with E-state index < -0.39 is 5.91 Å². The monoisotopic (exact) mass is 274 g/mol. The summed E-state index contributed by atoms with van der Waals surface area (Å²) in [7, 11) is 0. The molecule has 2 aromatic carbocycles. The van der Waals surface area contributed by atoms with Gasteiger partial charge in [-0.3, -0.25) is 4.79 Å². The SMILES string of the molecule is CC(NC(=O)c1cccc(N)c1O)c1cccc(F)c1. The predicted octanol–water partition coefficient (Wildman–Crippen LogP) is 2.60. The summed E-state index contributed by atoms with van der Waals surface area (Å²) in [5.74, 6) is -1.08. The lowest BCUT2D eigenvalue weighted by Crippen LogP contribution is -2.26. The molecule has 2 aromatic rings. The summed E-state index contributed by atoms with van der Waals surface area (Å²) in [6.45, 7) is 1.73. The zero-order chi connectivity index (χ0) is 14.7. The molecule has 0 fully saturated rings. The lowest BCUT2D eigenvalue weighted by molar-refractivity contribution is 0.0937. The number of phenolic OH excluding ortho intramolecular Hbond substituents is 1. The topological polar surface area (TPSA) is 75.4 Å². The Labute approximate surface area is 116 Å². The highest BCUT2D eigenvalue weighted by molar-refractivity contribution is 5.98. The molecular weight excluding hydrogens is 259 g/mol. The predicted molar refractivity (Wildman–Crippen MR) is 74.8 cm³/mol. The standard InChI is InChI=1S/C15H15FN2O2/c1-9(10-4-2-5-11(16)8-10)18-15(20)12-6-3-7-13(17)14(12)19/h2-9,19H,17H2,1H3,(H,18,20). The summed E-state index contributed by atoms with van der Waals surface area (Å²) < 4.78 is 13.1. The quantitative estimate of drug-likeness (QED) is 0.595. The second kappa shape index (κ2) is 5.61. The average Bonchev–Trinajstić information content (AvgIpc) is 2.41. The van der Waals surface area contributed by atoms with Gasteiger partial charge in [0.05, 0.1) is 17.3 Å². The first-order valence-corrected chi connectivity index (χ1v) is 6.13. The smallest absolute Gasteiger partial charge is 0.255 e. The number of nitrogen functional groups attached to an aromatic ring is 1. The van der Waals surface area contributed by atoms with E-state index in [4.69, 9.17) is 5.73 Å². The van der Waals surface area contributed by atoms with Crippen molar-refractivity contribution in [2.45, 2.75) is 13.0 Å². The van der Waals surface area contributed by atoms with Gasteiger partial charge < -0.3 is 16.2 Å². The summed E-state index contributed by atoms with van der Waals surface area (Å²) in [6.07, 6.45) is 0. The van der Waals surface area contributed by atoms with Gasteiger partial charge >= 0.3 is 0 Å². The fraction of sp³-hybridized carbons (Fsp3) is 0.133. The molecule has 0 saturated heterocycles. The van der Waals surface area contributed by atoms with Crippen LogP contribution in [-0.4, -0.2) is 11.0 Å². The van der Waals surface area contributed by atoms with Crippen LogP contribution in [0.15, 0.2) is 42.5 Å². The van der Waals surface area contributed by atoms with Gasteiger partial charge in [-0.2, -0.15) is 0 Å². The fourth-order valence-electron chi connectivity index (χ4n) is 1.88. The molecule has 0 aromatic heterocycles. The fourth-order valence-corrected chi connectivity index (χ4v) is 1.88. The molecule has 20 heavy (non-hydrogen) atoms. The van der Waals surface area contributed by atoms with Crippen LogP contribution in [0.25, 0.3) is 0 Å². The Kier molecular flexibility index (Phi) is 3.89. The van der Waals surface area contributed by atoms with Gasteiger partial charge in [-0.25, -0.2) is 4.39 Å². The molecule has 1 amide bonds. The second-order valence-corrected chi connectivity index (χ2v) is 4.49. The maximum atomic E-state index is 13.1. The number of hydrogen-bond acceptors (Lipinski definition) is 3. The minimum Gasteiger partial charge on any atom is -0.505 e. The van der Waals surface area contributed by atoms with E-state index in [0.717, 1.165) is 0 Å². The lowest BCUT2D eigenvalue weighted by Gasteiger charge is -2.15. The van der Waals surface area contributed by atoms with E-state index in [1.54, 1.807) is 25.1 Å². The molecule has 1 atom stereocenters. The average molecular weight is 274 g/mol. The molecule has 0 spiro atoms. The molecule has 4 N–H and O–H groups in total. The van der Waals surface area contributed by atoms with Gasteiger partial charge in [-0.15, -0.1) is 0 Å². The number of nitrogens with two attached hydrogens (primary N) is 1. The van der Waals surface area contributed by atoms with Crippen molar-refractivity contribution in [3.63, 3.8) is 0 Å². The number of carbonyl (C=O) groups is 1. The number of anilines is 1. The number of amides is 1. The van der Waals surface area contributed by atoms with Crippen molar-refractivity contribution in [2.24, 2.45) is 0 Å². The molecular formula is C15H15FN2O2. The van der Waals surface area contributed by atoms with Crippen LogP contribution in [0.3, 0.4) is 0 Å². The third-order valence-electron chi connectivity index (χ3n) is 3.01. The molecule has 2 rings (SSSR count). The molecule has 0 aliphatic heterocycles. The Morgan fingerprint density at radius 1 is 1.30 bits per heavy atom. The summed E-state index contributed by atoms with van der Waals surface area (Å²) in [5, 5.41) is 12.4. The highest BCUT2D eigenvalue weighted by Crippen LogP contribution is 2.25. The van der Waals surface area contributed by atoms with Gasteiger partial charge in [0, 0.05) is 0 Å². The van der Waals surface area contributed by atoms with Crippen LogP contribution in [0.5, 0.6) is 5.75 Å². The Balaban J connectivity index is 2.17. The highest BCUT2D eigenvalue weighted by Gasteiger charge is 2.16. The van der Waals surface area contributed by atoms with Crippen molar-refractivity contribution in [2.75, 3.05) is 5.73 Å². The minimum atomic E-state index is -0.466. The number of carbonyl (C=O) groups excluding carboxylic acids is 1. The Morgan fingerprint density at radius 3 is 2.70 bits per heavy atom. The number of nitrogens with one attached hydrogen (secondary N) is 1. The molecule has 5 heteroatoms. The van der Waals surface area contributed by atoms with E-state index in [2.05, 4.69) is 5.32 Å². The van der Waals surface area contributed by atoms with Crippen molar-refractivity contribution in [1.82, 2.24) is 5.32 Å². The Morgan fingerprint density at radius 2 is 2.00 bits per heavy atom. The van der Waals surface area contributed by atoms with E-state index >= 15 is 0 Å². The molecule has 0 radical (unpaired) electrons. The number of aromatic hydroxyl groups is 1. The van der Waals surface area contributed by atoms with Crippen LogP contribution in [-0.2, 0) is 0 Å². The van der Waals surface area contributed by atoms with E-state index in [-0.39, 0.29) is 28.9 Å². The first-order chi connectivity index (χ1) is 9.49. The summed E-state index contributed by atoms with van der Waals surface area (Å²) in [4.78, 5) is 12.1. The number of hydrogen-bond donors (Lipinski definition) is 3. The van der Waals surface area contributed by atoms with E-state index in [9.17, 15) is 14.3 Å². The van der Waals surface area contributed by atoms with E-state index in [0.29, 0.717) is 5.56 Å². The van der Waals surface area contributed by atoms with Crippen LogP contribution < -0.4 is 11.1 Å². The van der Waals surface area contributed by atoms with Gasteiger partial charge in [-0.1, -0.05) is 18.2 Å². The number of rotatable bonds is 3. The Bertz CT molecular complexity index is 644. The van der Waals surface area contributed by atoms with Gasteiger partial charge in [0.1, 0.15) is 5.82 Å². The van der Waals surface area contributed by atoms with Gasteiger partial charge in [-0.05, 0) is 36.8 Å². The van der Waals surface area contributed by atoms with Crippen molar-refractivity contribution in [1.29, 1.82) is 0 Å². The van der Waals surface area contributed by atoms with Crippen molar-refractivity contribution in [3.8, 4) is 5.75 Å². The summed E-state index contributed by atoms with van der Waals surface area (Å²) in [6, 6.07) is 10.1. The van der Waals surface area contributed by atoms with Crippen LogP contribution in [0.2, 0.25) is 0 Å². The third kappa shape index (κ3) is 2.88. The molecule has 104 valence electrons. The van der Waals surface area contributed by atoms with Crippen molar-refractivity contribution < 1.29 is 14.3 Å². The molecule has 0 aliphatic carbocycles. The lowest BCUT2D eigenvalue weighted by atomic mass is 10.1. The molecule has 4 nitrogen and oxygen atoms in total. The number of para-hydroxylation sites is 1. The molecule has 0 aliphatic rings. The van der Waals surface area contributed by atoms with E-state index in [1.807, 2.05) is 0 Å². The summed E-state index contributed by atoms with van der Waals surface area (Å²) in [5.41, 5.74) is 6.41.